The zero-order valence-electron chi connectivity index (χ0n) is 12.3. The lowest BCUT2D eigenvalue weighted by Crippen LogP contribution is -2.36. The van der Waals surface area contributed by atoms with Crippen LogP contribution in [-0.2, 0) is 6.54 Å². The molecular formula is C16H21N3O2. The molecule has 1 N–H and O–H groups in total. The Morgan fingerprint density at radius 1 is 1.38 bits per heavy atom. The molecule has 1 atom stereocenters. The molecule has 1 fully saturated rings. The Balaban J connectivity index is 1.68. The number of hydrogen-bond acceptors (Lipinski definition) is 5. The molecule has 0 aliphatic carbocycles. The van der Waals surface area contributed by atoms with Gasteiger partial charge in [0.25, 0.3) is 0 Å². The van der Waals surface area contributed by atoms with Gasteiger partial charge in [-0.3, -0.25) is 4.90 Å². The third-order valence-corrected chi connectivity index (χ3v) is 3.95. The molecule has 1 aromatic heterocycles. The average Bonchev–Trinajstić information content (AvgIpc) is 2.96. The molecule has 0 saturated carbocycles. The first-order valence-electron chi connectivity index (χ1n) is 7.47. The number of aryl methyl sites for hydroxylation is 1. The van der Waals surface area contributed by atoms with Crippen molar-refractivity contribution in [1.82, 2.24) is 15.1 Å². The zero-order chi connectivity index (χ0) is 14.7. The van der Waals surface area contributed by atoms with E-state index in [4.69, 9.17) is 4.42 Å². The summed E-state index contributed by atoms with van der Waals surface area (Å²) < 4.78 is 5.77. The average molecular weight is 287 g/mol. The highest BCUT2D eigenvalue weighted by atomic mass is 16.4. The van der Waals surface area contributed by atoms with E-state index >= 15 is 0 Å². The standard InChI is InChI=1S/C16H21N3O2/c1-12-4-2-6-14(8-12)16-18-17-15(21-16)10-19-7-3-5-13(9-19)11-20/h2,4,6,8,13,20H,3,5,7,9-11H2,1H3. The van der Waals surface area contributed by atoms with Crippen molar-refractivity contribution in [2.24, 2.45) is 5.92 Å². The Morgan fingerprint density at radius 2 is 2.29 bits per heavy atom. The van der Waals surface area contributed by atoms with Gasteiger partial charge in [-0.25, -0.2) is 0 Å². The second kappa shape index (κ2) is 6.37. The molecule has 2 aromatic rings. The predicted octanol–water partition coefficient (Wildman–Crippen LogP) is 2.25. The van der Waals surface area contributed by atoms with Gasteiger partial charge < -0.3 is 9.52 Å². The van der Waals surface area contributed by atoms with Crippen LogP contribution in [0.1, 0.15) is 24.3 Å². The Kier molecular flexibility index (Phi) is 4.31. The van der Waals surface area contributed by atoms with Crippen LogP contribution >= 0.6 is 0 Å². The van der Waals surface area contributed by atoms with Crippen molar-refractivity contribution in [2.45, 2.75) is 26.3 Å². The highest BCUT2D eigenvalue weighted by molar-refractivity contribution is 5.53. The van der Waals surface area contributed by atoms with E-state index in [0.717, 1.165) is 31.5 Å². The van der Waals surface area contributed by atoms with Gasteiger partial charge in [-0.2, -0.15) is 0 Å². The summed E-state index contributed by atoms with van der Waals surface area (Å²) in [6.45, 7) is 4.89. The molecule has 1 aliphatic heterocycles. The predicted molar refractivity (Wildman–Crippen MR) is 79.6 cm³/mol. The maximum Gasteiger partial charge on any atom is 0.247 e. The lowest BCUT2D eigenvalue weighted by molar-refractivity contribution is 0.109. The van der Waals surface area contributed by atoms with E-state index in [1.165, 1.54) is 5.56 Å². The summed E-state index contributed by atoms with van der Waals surface area (Å²) in [5.41, 5.74) is 2.13. The third-order valence-electron chi connectivity index (χ3n) is 3.95. The molecule has 1 saturated heterocycles. The lowest BCUT2D eigenvalue weighted by Gasteiger charge is -2.30. The van der Waals surface area contributed by atoms with Gasteiger partial charge in [-0.15, -0.1) is 10.2 Å². The van der Waals surface area contributed by atoms with Crippen LogP contribution in [-0.4, -0.2) is 39.9 Å². The van der Waals surface area contributed by atoms with Gasteiger partial charge in [-0.05, 0) is 44.4 Å². The minimum atomic E-state index is 0.259. The van der Waals surface area contributed by atoms with Crippen molar-refractivity contribution < 1.29 is 9.52 Å². The number of rotatable bonds is 4. The Hall–Kier alpha value is -1.72. The highest BCUT2D eigenvalue weighted by Gasteiger charge is 2.21. The molecule has 1 aliphatic rings. The van der Waals surface area contributed by atoms with Crippen molar-refractivity contribution in [3.8, 4) is 11.5 Å². The maximum atomic E-state index is 9.28. The summed E-state index contributed by atoms with van der Waals surface area (Å²) in [4.78, 5) is 2.28. The number of nitrogens with zero attached hydrogens (tertiary/aromatic N) is 3. The van der Waals surface area contributed by atoms with E-state index in [1.54, 1.807) is 0 Å². The van der Waals surface area contributed by atoms with Gasteiger partial charge in [0.05, 0.1) is 6.54 Å². The summed E-state index contributed by atoms with van der Waals surface area (Å²) in [6.07, 6.45) is 2.22. The summed E-state index contributed by atoms with van der Waals surface area (Å²) in [5.74, 6) is 1.59. The summed E-state index contributed by atoms with van der Waals surface area (Å²) >= 11 is 0. The normalized spacial score (nSPS) is 19.8. The number of benzene rings is 1. The Labute approximate surface area is 124 Å². The third kappa shape index (κ3) is 3.49. The van der Waals surface area contributed by atoms with Crippen LogP contribution in [0.15, 0.2) is 28.7 Å². The van der Waals surface area contributed by atoms with Crippen LogP contribution in [0.2, 0.25) is 0 Å². The molecule has 0 spiro atoms. The molecule has 5 heteroatoms. The van der Waals surface area contributed by atoms with Gasteiger partial charge >= 0.3 is 0 Å². The quantitative estimate of drug-likeness (QED) is 0.934. The number of aromatic nitrogens is 2. The summed E-state index contributed by atoms with van der Waals surface area (Å²) in [7, 11) is 0. The topological polar surface area (TPSA) is 62.4 Å². The van der Waals surface area contributed by atoms with Gasteiger partial charge in [0.1, 0.15) is 0 Å². The molecule has 21 heavy (non-hydrogen) atoms. The molecule has 1 aromatic carbocycles. The van der Waals surface area contributed by atoms with E-state index < -0.39 is 0 Å². The monoisotopic (exact) mass is 287 g/mol. The molecule has 0 bridgehead atoms. The van der Waals surface area contributed by atoms with Gasteiger partial charge in [-0.1, -0.05) is 17.7 Å². The second-order valence-electron chi connectivity index (χ2n) is 5.80. The van der Waals surface area contributed by atoms with Gasteiger partial charge in [0.15, 0.2) is 0 Å². The number of aliphatic hydroxyl groups is 1. The van der Waals surface area contributed by atoms with Crippen LogP contribution in [0, 0.1) is 12.8 Å². The van der Waals surface area contributed by atoms with E-state index in [-0.39, 0.29) is 6.61 Å². The molecule has 112 valence electrons. The number of aliphatic hydroxyl groups excluding tert-OH is 1. The zero-order valence-corrected chi connectivity index (χ0v) is 12.3. The Bertz CT molecular complexity index is 597. The largest absolute Gasteiger partial charge is 0.419 e. The molecule has 1 unspecified atom stereocenters. The first-order chi connectivity index (χ1) is 10.2. The van der Waals surface area contributed by atoms with Gasteiger partial charge in [0, 0.05) is 18.7 Å². The Morgan fingerprint density at radius 3 is 3.10 bits per heavy atom. The van der Waals surface area contributed by atoms with Crippen LogP contribution < -0.4 is 0 Å². The van der Waals surface area contributed by atoms with Crippen molar-refractivity contribution in [3.63, 3.8) is 0 Å². The fraction of sp³-hybridized carbons (Fsp3) is 0.500. The van der Waals surface area contributed by atoms with Gasteiger partial charge in [0.2, 0.25) is 11.8 Å². The minimum absolute atomic E-state index is 0.259. The SMILES string of the molecule is Cc1cccc(-c2nnc(CN3CCCC(CO)C3)o2)c1. The number of likely N-dealkylation sites (tertiary alicyclic amines) is 1. The summed E-state index contributed by atoms with van der Waals surface area (Å²) in [6, 6.07) is 8.06. The van der Waals surface area contributed by atoms with E-state index in [9.17, 15) is 5.11 Å². The van der Waals surface area contributed by atoms with E-state index in [1.807, 2.05) is 31.2 Å². The van der Waals surface area contributed by atoms with Crippen molar-refractivity contribution in [1.29, 1.82) is 0 Å². The minimum Gasteiger partial charge on any atom is -0.419 e. The van der Waals surface area contributed by atoms with Crippen LogP contribution in [0.5, 0.6) is 0 Å². The first-order valence-corrected chi connectivity index (χ1v) is 7.47. The maximum absolute atomic E-state index is 9.28. The molecular weight excluding hydrogens is 266 g/mol. The molecule has 3 rings (SSSR count). The smallest absolute Gasteiger partial charge is 0.247 e. The molecule has 0 radical (unpaired) electrons. The number of piperidine rings is 1. The van der Waals surface area contributed by atoms with Crippen LogP contribution in [0.25, 0.3) is 11.5 Å². The molecule has 5 nitrogen and oxygen atoms in total. The van der Waals surface area contributed by atoms with Crippen LogP contribution in [0.4, 0.5) is 0 Å². The first kappa shape index (κ1) is 14.2. The van der Waals surface area contributed by atoms with Crippen LogP contribution in [0.3, 0.4) is 0 Å². The summed E-state index contributed by atoms with van der Waals surface area (Å²) in [5, 5.41) is 17.6. The second-order valence-corrected chi connectivity index (χ2v) is 5.80. The molecule has 2 heterocycles. The van der Waals surface area contributed by atoms with E-state index in [0.29, 0.717) is 24.2 Å². The van der Waals surface area contributed by atoms with E-state index in [2.05, 4.69) is 15.1 Å². The fourth-order valence-electron chi connectivity index (χ4n) is 2.85. The number of hydrogen-bond donors (Lipinski definition) is 1. The van der Waals surface area contributed by atoms with Crippen molar-refractivity contribution in [3.05, 3.63) is 35.7 Å². The molecule has 0 amide bonds. The fourth-order valence-corrected chi connectivity index (χ4v) is 2.85. The lowest BCUT2D eigenvalue weighted by atomic mass is 9.99. The van der Waals surface area contributed by atoms with Crippen molar-refractivity contribution in [2.75, 3.05) is 19.7 Å². The van der Waals surface area contributed by atoms with Crippen molar-refractivity contribution >= 4 is 0 Å². The highest BCUT2D eigenvalue weighted by Crippen LogP contribution is 2.21.